The molecule has 0 aromatic heterocycles. The van der Waals surface area contributed by atoms with Crippen LogP contribution in [-0.2, 0) is 4.79 Å². The normalized spacial score (nSPS) is 11.7. The van der Waals surface area contributed by atoms with Gasteiger partial charge in [0.2, 0.25) is 0 Å². The number of nitrogens with one attached hydrogen (secondary N) is 2. The molecule has 2 amide bonds. The molecule has 1 aromatic rings. The van der Waals surface area contributed by atoms with Crippen LogP contribution in [-0.4, -0.2) is 23.1 Å². The maximum Gasteiger partial charge on any atom is 0.325 e. The summed E-state index contributed by atoms with van der Waals surface area (Å²) < 4.78 is 0.541. The number of anilines is 1. The Morgan fingerprint density at radius 3 is 2.71 bits per heavy atom. The molecule has 0 aliphatic heterocycles. The summed E-state index contributed by atoms with van der Waals surface area (Å²) in [7, 11) is 0. The van der Waals surface area contributed by atoms with Crippen molar-refractivity contribution in [1.82, 2.24) is 5.32 Å². The van der Waals surface area contributed by atoms with Gasteiger partial charge in [0.1, 0.15) is 6.04 Å². The largest absolute Gasteiger partial charge is 0.480 e. The molecule has 0 spiro atoms. The number of hydrogen-bond acceptors (Lipinski definition) is 2. The molecule has 0 saturated heterocycles. The van der Waals surface area contributed by atoms with Gasteiger partial charge in [-0.15, -0.1) is 0 Å². The quantitative estimate of drug-likeness (QED) is 0.801. The molecule has 92 valence electrons. The van der Waals surface area contributed by atoms with Gasteiger partial charge in [0.25, 0.3) is 0 Å². The van der Waals surface area contributed by atoms with Crippen LogP contribution in [0, 0.1) is 0 Å². The van der Waals surface area contributed by atoms with Crippen molar-refractivity contribution >= 4 is 45.2 Å². The second kappa shape index (κ2) is 5.88. The van der Waals surface area contributed by atoms with Gasteiger partial charge in [-0.05, 0) is 35.0 Å². The molecule has 1 rings (SSSR count). The lowest BCUT2D eigenvalue weighted by molar-refractivity contribution is -0.138. The van der Waals surface area contributed by atoms with Gasteiger partial charge >= 0.3 is 12.0 Å². The first-order valence-corrected chi connectivity index (χ1v) is 5.83. The topological polar surface area (TPSA) is 78.4 Å². The van der Waals surface area contributed by atoms with E-state index in [1.807, 2.05) is 0 Å². The number of benzene rings is 1. The highest BCUT2D eigenvalue weighted by Crippen LogP contribution is 2.29. The highest BCUT2D eigenvalue weighted by molar-refractivity contribution is 9.10. The zero-order chi connectivity index (χ0) is 13.0. The zero-order valence-electron chi connectivity index (χ0n) is 8.83. The average molecular weight is 322 g/mol. The third-order valence-electron chi connectivity index (χ3n) is 1.92. The van der Waals surface area contributed by atoms with Crippen LogP contribution in [0.15, 0.2) is 22.7 Å². The Labute approximate surface area is 111 Å². The molecule has 1 atom stereocenters. The number of carbonyl (C=O) groups is 2. The number of rotatable bonds is 3. The summed E-state index contributed by atoms with van der Waals surface area (Å²) in [6, 6.07) is 3.40. The maximum atomic E-state index is 11.4. The molecule has 0 radical (unpaired) electrons. The highest BCUT2D eigenvalue weighted by Gasteiger charge is 2.14. The predicted octanol–water partition coefficient (Wildman–Crippen LogP) is 2.70. The number of carbonyl (C=O) groups excluding carboxylic acids is 1. The number of carboxylic acid groups (broad SMARTS) is 1. The van der Waals surface area contributed by atoms with Gasteiger partial charge < -0.3 is 15.7 Å². The van der Waals surface area contributed by atoms with Crippen LogP contribution in [0.5, 0.6) is 0 Å². The van der Waals surface area contributed by atoms with Crippen LogP contribution in [0.1, 0.15) is 6.92 Å². The van der Waals surface area contributed by atoms with Gasteiger partial charge in [0, 0.05) is 0 Å². The molecule has 3 N–H and O–H groups in total. The van der Waals surface area contributed by atoms with Gasteiger partial charge in [0.15, 0.2) is 0 Å². The Kier molecular flexibility index (Phi) is 4.77. The average Bonchev–Trinajstić information content (AvgIpc) is 2.24. The lowest BCUT2D eigenvalue weighted by atomic mass is 10.3. The summed E-state index contributed by atoms with van der Waals surface area (Å²) >= 11 is 9.05. The van der Waals surface area contributed by atoms with Gasteiger partial charge in [0.05, 0.1) is 15.2 Å². The van der Waals surface area contributed by atoms with Crippen LogP contribution >= 0.6 is 27.5 Å². The van der Waals surface area contributed by atoms with Crippen LogP contribution in [0.2, 0.25) is 5.02 Å². The second-order valence-corrected chi connectivity index (χ2v) is 4.46. The van der Waals surface area contributed by atoms with Crippen molar-refractivity contribution in [1.29, 1.82) is 0 Å². The first-order valence-electron chi connectivity index (χ1n) is 4.66. The number of halogens is 2. The first kappa shape index (κ1) is 13.8. The van der Waals surface area contributed by atoms with Crippen LogP contribution in [0.25, 0.3) is 0 Å². The first-order chi connectivity index (χ1) is 7.91. The van der Waals surface area contributed by atoms with E-state index in [1.54, 1.807) is 18.2 Å². The summed E-state index contributed by atoms with van der Waals surface area (Å²) in [6.07, 6.45) is 0. The van der Waals surface area contributed by atoms with E-state index in [0.717, 1.165) is 0 Å². The van der Waals surface area contributed by atoms with Crippen molar-refractivity contribution in [2.75, 3.05) is 5.32 Å². The Morgan fingerprint density at radius 2 is 2.12 bits per heavy atom. The highest BCUT2D eigenvalue weighted by atomic mass is 79.9. The molecule has 0 aliphatic carbocycles. The number of amides is 2. The van der Waals surface area contributed by atoms with Crippen molar-refractivity contribution in [3.05, 3.63) is 27.7 Å². The minimum atomic E-state index is -1.11. The molecule has 5 nitrogen and oxygen atoms in total. The Hall–Kier alpha value is -1.27. The fourth-order valence-electron chi connectivity index (χ4n) is 1.02. The standard InChI is InChI=1S/C10H10BrClN2O3/c1-5(9(15)16)13-10(17)14-7-4-2-3-6(12)8(7)11/h2-5H,1H3,(H,15,16)(H2,13,14,17). The number of aliphatic carboxylic acids is 1. The summed E-state index contributed by atoms with van der Waals surface area (Å²) in [5.74, 6) is -1.11. The van der Waals surface area contributed by atoms with Crippen molar-refractivity contribution in [2.24, 2.45) is 0 Å². The maximum absolute atomic E-state index is 11.4. The fourth-order valence-corrected chi connectivity index (χ4v) is 1.56. The Bertz CT molecular complexity index is 453. The Balaban J connectivity index is 2.69. The fraction of sp³-hybridized carbons (Fsp3) is 0.200. The Morgan fingerprint density at radius 1 is 1.47 bits per heavy atom. The molecule has 1 unspecified atom stereocenters. The molecular weight excluding hydrogens is 311 g/mol. The van der Waals surface area contributed by atoms with Crippen molar-refractivity contribution in [3.8, 4) is 0 Å². The van der Waals surface area contributed by atoms with E-state index in [9.17, 15) is 9.59 Å². The molecule has 0 aliphatic rings. The number of urea groups is 1. The van der Waals surface area contributed by atoms with E-state index < -0.39 is 18.0 Å². The molecule has 0 saturated carbocycles. The summed E-state index contributed by atoms with van der Waals surface area (Å²) in [4.78, 5) is 22.0. The molecule has 7 heteroatoms. The van der Waals surface area contributed by atoms with Crippen LogP contribution < -0.4 is 10.6 Å². The van der Waals surface area contributed by atoms with E-state index in [4.69, 9.17) is 16.7 Å². The van der Waals surface area contributed by atoms with E-state index in [2.05, 4.69) is 26.6 Å². The number of carboxylic acids is 1. The van der Waals surface area contributed by atoms with Gasteiger partial charge in [-0.3, -0.25) is 4.79 Å². The number of hydrogen-bond donors (Lipinski definition) is 3. The zero-order valence-corrected chi connectivity index (χ0v) is 11.2. The lowest BCUT2D eigenvalue weighted by Crippen LogP contribution is -2.40. The molecular formula is C10H10BrClN2O3. The van der Waals surface area contributed by atoms with Crippen molar-refractivity contribution in [2.45, 2.75) is 13.0 Å². The van der Waals surface area contributed by atoms with E-state index >= 15 is 0 Å². The summed E-state index contributed by atoms with van der Waals surface area (Å²) in [6.45, 7) is 1.37. The summed E-state index contributed by atoms with van der Waals surface area (Å²) in [5.41, 5.74) is 0.465. The van der Waals surface area contributed by atoms with Crippen LogP contribution in [0.4, 0.5) is 10.5 Å². The third-order valence-corrected chi connectivity index (χ3v) is 3.32. The van der Waals surface area contributed by atoms with Crippen LogP contribution in [0.3, 0.4) is 0 Å². The van der Waals surface area contributed by atoms with Gasteiger partial charge in [-0.2, -0.15) is 0 Å². The van der Waals surface area contributed by atoms with Gasteiger partial charge in [-0.25, -0.2) is 4.79 Å². The SMILES string of the molecule is CC(NC(=O)Nc1cccc(Cl)c1Br)C(=O)O. The second-order valence-electron chi connectivity index (χ2n) is 3.26. The van der Waals surface area contributed by atoms with E-state index in [-0.39, 0.29) is 0 Å². The molecule has 0 heterocycles. The van der Waals surface area contributed by atoms with E-state index in [0.29, 0.717) is 15.2 Å². The third kappa shape index (κ3) is 3.90. The molecule has 1 aromatic carbocycles. The smallest absolute Gasteiger partial charge is 0.325 e. The monoisotopic (exact) mass is 320 g/mol. The lowest BCUT2D eigenvalue weighted by Gasteiger charge is -2.12. The van der Waals surface area contributed by atoms with Crippen molar-refractivity contribution in [3.63, 3.8) is 0 Å². The minimum absolute atomic E-state index is 0.453. The predicted molar refractivity (Wildman–Crippen MR) is 68.4 cm³/mol. The van der Waals surface area contributed by atoms with E-state index in [1.165, 1.54) is 6.92 Å². The summed E-state index contributed by atoms with van der Waals surface area (Å²) in [5, 5.41) is 13.8. The van der Waals surface area contributed by atoms with Crippen molar-refractivity contribution < 1.29 is 14.7 Å². The van der Waals surface area contributed by atoms with Gasteiger partial charge in [-0.1, -0.05) is 17.7 Å². The molecule has 0 bridgehead atoms. The molecule has 0 fully saturated rings. The molecule has 17 heavy (non-hydrogen) atoms. The minimum Gasteiger partial charge on any atom is -0.480 e.